The summed E-state index contributed by atoms with van der Waals surface area (Å²) in [5.41, 5.74) is 0.806. The Kier molecular flexibility index (Phi) is 3.86. The Morgan fingerprint density at radius 3 is 1.60 bits per heavy atom. The lowest BCUT2D eigenvalue weighted by Crippen LogP contribution is -2.40. The summed E-state index contributed by atoms with van der Waals surface area (Å²) in [6, 6.07) is 0. The largest absolute Gasteiger partial charge is 0.381 e. The minimum Gasteiger partial charge on any atom is -0.381 e. The first-order valence-corrected chi connectivity index (χ1v) is 6.30. The quantitative estimate of drug-likeness (QED) is 0.635. The van der Waals surface area contributed by atoms with Crippen LogP contribution in [0.15, 0.2) is 0 Å². The zero-order chi connectivity index (χ0) is 11.7. The van der Waals surface area contributed by atoms with E-state index in [4.69, 9.17) is 4.74 Å². The molecule has 0 bridgehead atoms. The van der Waals surface area contributed by atoms with Gasteiger partial charge in [-0.05, 0) is 35.5 Å². The van der Waals surface area contributed by atoms with Crippen LogP contribution in [0.3, 0.4) is 0 Å². The van der Waals surface area contributed by atoms with Gasteiger partial charge in [-0.2, -0.15) is 0 Å². The van der Waals surface area contributed by atoms with Crippen molar-refractivity contribution in [1.82, 2.24) is 0 Å². The predicted octanol–water partition coefficient (Wildman–Crippen LogP) is 4.12. The van der Waals surface area contributed by atoms with Gasteiger partial charge in [0.25, 0.3) is 0 Å². The van der Waals surface area contributed by atoms with Crippen LogP contribution in [0, 0.1) is 22.7 Å². The molecule has 1 heterocycles. The second-order valence-electron chi connectivity index (χ2n) is 7.16. The van der Waals surface area contributed by atoms with Crippen molar-refractivity contribution in [3.05, 3.63) is 0 Å². The zero-order valence-corrected chi connectivity index (χ0v) is 11.4. The van der Waals surface area contributed by atoms with Crippen molar-refractivity contribution >= 4 is 0 Å². The SMILES string of the molecule is CC(C)(C)C(C1CCOCC1)C(C)(C)C. The van der Waals surface area contributed by atoms with Crippen LogP contribution in [-0.2, 0) is 4.74 Å². The molecule has 0 spiro atoms. The molecule has 0 unspecified atom stereocenters. The average molecular weight is 212 g/mol. The van der Waals surface area contributed by atoms with E-state index in [2.05, 4.69) is 41.5 Å². The molecular formula is C14H28O. The molecule has 90 valence electrons. The molecule has 1 rings (SSSR count). The lowest BCUT2D eigenvalue weighted by atomic mass is 9.59. The highest BCUT2D eigenvalue weighted by molar-refractivity contribution is 4.89. The summed E-state index contributed by atoms with van der Waals surface area (Å²) in [5, 5.41) is 0. The molecule has 0 radical (unpaired) electrons. The third kappa shape index (κ3) is 3.48. The van der Waals surface area contributed by atoms with Crippen molar-refractivity contribution in [3.8, 4) is 0 Å². The second-order valence-corrected chi connectivity index (χ2v) is 7.16. The first-order chi connectivity index (χ1) is 6.73. The van der Waals surface area contributed by atoms with E-state index in [0.717, 1.165) is 25.0 Å². The topological polar surface area (TPSA) is 9.23 Å². The van der Waals surface area contributed by atoms with Crippen LogP contribution in [0.5, 0.6) is 0 Å². The highest BCUT2D eigenvalue weighted by atomic mass is 16.5. The molecule has 1 nitrogen and oxygen atoms in total. The Morgan fingerprint density at radius 2 is 1.27 bits per heavy atom. The van der Waals surface area contributed by atoms with Crippen LogP contribution in [-0.4, -0.2) is 13.2 Å². The third-order valence-electron chi connectivity index (χ3n) is 3.60. The lowest BCUT2D eigenvalue weighted by Gasteiger charge is -2.47. The molecule has 15 heavy (non-hydrogen) atoms. The van der Waals surface area contributed by atoms with Crippen molar-refractivity contribution in [2.75, 3.05) is 13.2 Å². The summed E-state index contributed by atoms with van der Waals surface area (Å²) in [6.45, 7) is 16.3. The molecule has 0 amide bonds. The molecule has 1 saturated heterocycles. The fraction of sp³-hybridized carbons (Fsp3) is 1.00. The maximum absolute atomic E-state index is 5.48. The van der Waals surface area contributed by atoms with Gasteiger partial charge in [-0.3, -0.25) is 0 Å². The van der Waals surface area contributed by atoms with Gasteiger partial charge < -0.3 is 4.74 Å². The molecule has 1 fully saturated rings. The summed E-state index contributed by atoms with van der Waals surface area (Å²) in [5.74, 6) is 1.63. The van der Waals surface area contributed by atoms with E-state index in [-0.39, 0.29) is 0 Å². The summed E-state index contributed by atoms with van der Waals surface area (Å²) in [4.78, 5) is 0. The van der Waals surface area contributed by atoms with Crippen molar-refractivity contribution < 1.29 is 4.74 Å². The van der Waals surface area contributed by atoms with Crippen LogP contribution in [0.1, 0.15) is 54.4 Å². The fourth-order valence-corrected chi connectivity index (χ4v) is 3.76. The molecule has 1 aliphatic rings. The van der Waals surface area contributed by atoms with Gasteiger partial charge in [0.15, 0.2) is 0 Å². The van der Waals surface area contributed by atoms with Crippen LogP contribution >= 0.6 is 0 Å². The summed E-state index contributed by atoms with van der Waals surface area (Å²) in [6.07, 6.45) is 2.50. The Balaban J connectivity index is 2.80. The van der Waals surface area contributed by atoms with E-state index in [1.54, 1.807) is 0 Å². The third-order valence-corrected chi connectivity index (χ3v) is 3.60. The molecule has 0 atom stereocenters. The van der Waals surface area contributed by atoms with Gasteiger partial charge in [0.1, 0.15) is 0 Å². The van der Waals surface area contributed by atoms with Crippen LogP contribution < -0.4 is 0 Å². The van der Waals surface area contributed by atoms with Gasteiger partial charge in [-0.15, -0.1) is 0 Å². The van der Waals surface area contributed by atoms with E-state index in [9.17, 15) is 0 Å². The number of ether oxygens (including phenoxy) is 1. The molecule has 0 saturated carbocycles. The van der Waals surface area contributed by atoms with Gasteiger partial charge in [-0.25, -0.2) is 0 Å². The zero-order valence-electron chi connectivity index (χ0n) is 11.4. The number of rotatable bonds is 1. The molecule has 0 aliphatic carbocycles. The summed E-state index contributed by atoms with van der Waals surface area (Å²) < 4.78 is 5.48. The first-order valence-electron chi connectivity index (χ1n) is 6.30. The van der Waals surface area contributed by atoms with Gasteiger partial charge in [0.05, 0.1) is 0 Å². The first kappa shape index (κ1) is 13.0. The molecule has 0 aromatic rings. The van der Waals surface area contributed by atoms with Crippen LogP contribution in [0.4, 0.5) is 0 Å². The van der Waals surface area contributed by atoms with Crippen molar-refractivity contribution in [1.29, 1.82) is 0 Å². The number of hydrogen-bond donors (Lipinski definition) is 0. The maximum Gasteiger partial charge on any atom is 0.0468 e. The second kappa shape index (κ2) is 4.45. The van der Waals surface area contributed by atoms with Gasteiger partial charge in [-0.1, -0.05) is 41.5 Å². The number of hydrogen-bond acceptors (Lipinski definition) is 1. The normalized spacial score (nSPS) is 21.0. The van der Waals surface area contributed by atoms with E-state index in [0.29, 0.717) is 10.8 Å². The highest BCUT2D eigenvalue weighted by Crippen LogP contribution is 2.47. The molecule has 0 aromatic heterocycles. The Hall–Kier alpha value is -0.0400. The minimum atomic E-state index is 0.403. The fourth-order valence-electron chi connectivity index (χ4n) is 3.76. The van der Waals surface area contributed by atoms with Gasteiger partial charge in [0.2, 0.25) is 0 Å². The van der Waals surface area contributed by atoms with Gasteiger partial charge >= 0.3 is 0 Å². The van der Waals surface area contributed by atoms with E-state index < -0.39 is 0 Å². The van der Waals surface area contributed by atoms with Crippen LogP contribution in [0.2, 0.25) is 0 Å². The molecule has 0 N–H and O–H groups in total. The Bertz CT molecular complexity index is 174. The van der Waals surface area contributed by atoms with Crippen LogP contribution in [0.25, 0.3) is 0 Å². The van der Waals surface area contributed by atoms with E-state index >= 15 is 0 Å². The molecular weight excluding hydrogens is 184 g/mol. The minimum absolute atomic E-state index is 0.403. The molecule has 1 heteroatoms. The van der Waals surface area contributed by atoms with E-state index in [1.807, 2.05) is 0 Å². The highest BCUT2D eigenvalue weighted by Gasteiger charge is 2.40. The predicted molar refractivity (Wildman–Crippen MR) is 65.9 cm³/mol. The Morgan fingerprint density at radius 1 is 0.867 bits per heavy atom. The Labute approximate surface area is 95.6 Å². The van der Waals surface area contributed by atoms with Gasteiger partial charge in [0, 0.05) is 13.2 Å². The standard InChI is InChI=1S/C14H28O/c1-13(2,3)12(14(4,5)6)11-7-9-15-10-8-11/h11-12H,7-10H2,1-6H3. The smallest absolute Gasteiger partial charge is 0.0468 e. The monoisotopic (exact) mass is 212 g/mol. The van der Waals surface area contributed by atoms with Crippen molar-refractivity contribution in [2.45, 2.75) is 54.4 Å². The lowest BCUT2D eigenvalue weighted by molar-refractivity contribution is -0.0237. The van der Waals surface area contributed by atoms with Crippen molar-refractivity contribution in [3.63, 3.8) is 0 Å². The van der Waals surface area contributed by atoms with Crippen molar-refractivity contribution in [2.24, 2.45) is 22.7 Å². The summed E-state index contributed by atoms with van der Waals surface area (Å²) >= 11 is 0. The molecule has 1 aliphatic heterocycles. The van der Waals surface area contributed by atoms with E-state index in [1.165, 1.54) is 12.8 Å². The summed E-state index contributed by atoms with van der Waals surface area (Å²) in [7, 11) is 0. The molecule has 0 aromatic carbocycles. The maximum atomic E-state index is 5.48. The average Bonchev–Trinajstić information content (AvgIpc) is 2.00.